The second-order valence-corrected chi connectivity index (χ2v) is 3.55. The van der Waals surface area contributed by atoms with Gasteiger partial charge in [-0.15, -0.1) is 0 Å². The molecule has 82 valence electrons. The molecule has 16 heavy (non-hydrogen) atoms. The lowest BCUT2D eigenvalue weighted by molar-refractivity contribution is -0.115. The summed E-state index contributed by atoms with van der Waals surface area (Å²) in [7, 11) is 1.87. The maximum Gasteiger partial charge on any atom is 0.231 e. The Morgan fingerprint density at radius 2 is 2.12 bits per heavy atom. The predicted octanol–water partition coefficient (Wildman–Crippen LogP) is 1.60. The van der Waals surface area contributed by atoms with Gasteiger partial charge in [0.1, 0.15) is 5.82 Å². The van der Waals surface area contributed by atoms with E-state index >= 15 is 0 Å². The average molecular weight is 215 g/mol. The van der Waals surface area contributed by atoms with Gasteiger partial charge in [0.25, 0.3) is 0 Å². The normalized spacial score (nSPS) is 10.1. The highest BCUT2D eigenvalue weighted by molar-refractivity contribution is 5.91. The van der Waals surface area contributed by atoms with Crippen LogP contribution in [0, 0.1) is 0 Å². The van der Waals surface area contributed by atoms with Crippen LogP contribution in [-0.4, -0.2) is 15.5 Å². The van der Waals surface area contributed by atoms with E-state index in [0.29, 0.717) is 6.42 Å². The van der Waals surface area contributed by atoms with Crippen molar-refractivity contribution in [2.45, 2.75) is 6.42 Å². The molecule has 0 saturated carbocycles. The van der Waals surface area contributed by atoms with E-state index < -0.39 is 0 Å². The molecule has 1 aromatic heterocycles. The number of nitrogens with one attached hydrogen (secondary N) is 1. The third-order valence-corrected chi connectivity index (χ3v) is 2.30. The third-order valence-electron chi connectivity index (χ3n) is 2.30. The molecule has 4 nitrogen and oxygen atoms in total. The van der Waals surface area contributed by atoms with Crippen LogP contribution in [0.2, 0.25) is 0 Å². The maximum absolute atomic E-state index is 11.7. The Morgan fingerprint density at radius 3 is 2.75 bits per heavy atom. The molecule has 0 bridgehead atoms. The van der Waals surface area contributed by atoms with Crippen molar-refractivity contribution < 1.29 is 4.79 Å². The largest absolute Gasteiger partial charge is 0.338 e. The molecule has 4 heteroatoms. The molecule has 0 aliphatic heterocycles. The Labute approximate surface area is 93.9 Å². The maximum atomic E-state index is 11.7. The number of imidazole rings is 1. The lowest BCUT2D eigenvalue weighted by Gasteiger charge is -2.04. The number of carbonyl (C=O) groups is 1. The van der Waals surface area contributed by atoms with E-state index in [4.69, 9.17) is 0 Å². The van der Waals surface area contributed by atoms with Crippen molar-refractivity contribution in [2.24, 2.45) is 7.05 Å². The third kappa shape index (κ3) is 2.48. The van der Waals surface area contributed by atoms with E-state index in [0.717, 1.165) is 11.5 Å². The first-order valence-corrected chi connectivity index (χ1v) is 5.07. The number of hydrogen-bond acceptors (Lipinski definition) is 2. The number of amides is 1. The van der Waals surface area contributed by atoms with Crippen molar-refractivity contribution >= 4 is 11.6 Å². The van der Waals surface area contributed by atoms with Gasteiger partial charge < -0.3 is 9.88 Å². The minimum absolute atomic E-state index is 0.0551. The molecule has 1 N–H and O–H groups in total. The molecule has 0 aliphatic carbocycles. The number of nitrogens with zero attached hydrogens (tertiary/aromatic N) is 2. The zero-order valence-corrected chi connectivity index (χ0v) is 9.05. The zero-order valence-electron chi connectivity index (χ0n) is 9.05. The first kappa shape index (κ1) is 10.4. The zero-order chi connectivity index (χ0) is 11.4. The van der Waals surface area contributed by atoms with Gasteiger partial charge in [-0.2, -0.15) is 0 Å². The molecule has 0 fully saturated rings. The van der Waals surface area contributed by atoms with E-state index in [-0.39, 0.29) is 5.91 Å². The van der Waals surface area contributed by atoms with Crippen LogP contribution >= 0.6 is 0 Å². The highest BCUT2D eigenvalue weighted by Gasteiger charge is 2.06. The Morgan fingerprint density at radius 1 is 1.38 bits per heavy atom. The SMILES string of the molecule is Cn1ccnc1CC(=O)Nc1ccccc1. The van der Waals surface area contributed by atoms with Crippen molar-refractivity contribution in [1.82, 2.24) is 9.55 Å². The average Bonchev–Trinajstić information content (AvgIpc) is 2.66. The molecular weight excluding hydrogens is 202 g/mol. The van der Waals surface area contributed by atoms with Gasteiger partial charge in [-0.25, -0.2) is 4.98 Å². The lowest BCUT2D eigenvalue weighted by Crippen LogP contribution is -2.16. The van der Waals surface area contributed by atoms with E-state index in [2.05, 4.69) is 10.3 Å². The first-order valence-electron chi connectivity index (χ1n) is 5.07. The Kier molecular flexibility index (Phi) is 3.00. The van der Waals surface area contributed by atoms with Gasteiger partial charge in [-0.3, -0.25) is 4.79 Å². The van der Waals surface area contributed by atoms with Crippen LogP contribution in [0.25, 0.3) is 0 Å². The van der Waals surface area contributed by atoms with Crippen LogP contribution in [0.5, 0.6) is 0 Å². The molecule has 2 rings (SSSR count). The number of benzene rings is 1. The number of rotatable bonds is 3. The fourth-order valence-electron chi connectivity index (χ4n) is 1.44. The molecule has 0 spiro atoms. The molecule has 0 unspecified atom stereocenters. The molecule has 1 amide bonds. The monoisotopic (exact) mass is 215 g/mol. The van der Waals surface area contributed by atoms with Crippen molar-refractivity contribution in [3.8, 4) is 0 Å². The standard InChI is InChI=1S/C12H13N3O/c1-15-8-7-13-11(15)9-12(16)14-10-5-3-2-4-6-10/h2-8H,9H2,1H3,(H,14,16). The van der Waals surface area contributed by atoms with E-state index in [1.165, 1.54) is 0 Å². The quantitative estimate of drug-likeness (QED) is 0.845. The van der Waals surface area contributed by atoms with Crippen molar-refractivity contribution in [3.05, 3.63) is 48.5 Å². The number of hydrogen-bond donors (Lipinski definition) is 1. The van der Waals surface area contributed by atoms with Gasteiger partial charge >= 0.3 is 0 Å². The van der Waals surface area contributed by atoms with Crippen LogP contribution in [0.3, 0.4) is 0 Å². The van der Waals surface area contributed by atoms with Gasteiger partial charge in [0.2, 0.25) is 5.91 Å². The van der Waals surface area contributed by atoms with Crippen LogP contribution in [0.4, 0.5) is 5.69 Å². The van der Waals surface area contributed by atoms with E-state index in [1.807, 2.05) is 48.1 Å². The lowest BCUT2D eigenvalue weighted by atomic mass is 10.3. The van der Waals surface area contributed by atoms with Crippen LogP contribution < -0.4 is 5.32 Å². The fourth-order valence-corrected chi connectivity index (χ4v) is 1.44. The Bertz CT molecular complexity index is 476. The molecule has 1 heterocycles. The van der Waals surface area contributed by atoms with Gasteiger partial charge in [-0.05, 0) is 12.1 Å². The van der Waals surface area contributed by atoms with E-state index in [9.17, 15) is 4.79 Å². The summed E-state index contributed by atoms with van der Waals surface area (Å²) in [6.07, 6.45) is 3.80. The molecule has 0 radical (unpaired) electrons. The Hall–Kier alpha value is -2.10. The molecule has 0 aliphatic rings. The topological polar surface area (TPSA) is 46.9 Å². The number of aromatic nitrogens is 2. The predicted molar refractivity (Wildman–Crippen MR) is 62.0 cm³/mol. The van der Waals surface area contributed by atoms with Crippen molar-refractivity contribution in [1.29, 1.82) is 0 Å². The van der Waals surface area contributed by atoms with Gasteiger partial charge in [-0.1, -0.05) is 18.2 Å². The summed E-state index contributed by atoms with van der Waals surface area (Å²) in [6, 6.07) is 9.40. The van der Waals surface area contributed by atoms with Gasteiger partial charge in [0.15, 0.2) is 0 Å². The van der Waals surface area contributed by atoms with Crippen LogP contribution in [0.15, 0.2) is 42.7 Å². The second kappa shape index (κ2) is 4.61. The summed E-state index contributed by atoms with van der Waals surface area (Å²) in [5.74, 6) is 0.703. The first-order chi connectivity index (χ1) is 7.75. The molecule has 2 aromatic rings. The number of anilines is 1. The van der Waals surface area contributed by atoms with E-state index in [1.54, 1.807) is 6.20 Å². The van der Waals surface area contributed by atoms with Gasteiger partial charge in [0.05, 0.1) is 6.42 Å². The number of aryl methyl sites for hydroxylation is 1. The summed E-state index contributed by atoms with van der Waals surface area (Å²) in [6.45, 7) is 0. The summed E-state index contributed by atoms with van der Waals surface area (Å²) in [4.78, 5) is 15.8. The fraction of sp³-hybridized carbons (Fsp3) is 0.167. The van der Waals surface area contributed by atoms with Gasteiger partial charge in [0, 0.05) is 25.1 Å². The number of carbonyl (C=O) groups excluding carboxylic acids is 1. The summed E-state index contributed by atoms with van der Waals surface area (Å²) in [5, 5.41) is 2.82. The molecular formula is C12H13N3O. The summed E-state index contributed by atoms with van der Waals surface area (Å²) >= 11 is 0. The number of para-hydroxylation sites is 1. The second-order valence-electron chi connectivity index (χ2n) is 3.55. The van der Waals surface area contributed by atoms with Crippen LogP contribution in [0.1, 0.15) is 5.82 Å². The molecule has 0 saturated heterocycles. The minimum Gasteiger partial charge on any atom is -0.338 e. The van der Waals surface area contributed by atoms with Crippen LogP contribution in [-0.2, 0) is 18.3 Å². The van der Waals surface area contributed by atoms with Crippen molar-refractivity contribution in [2.75, 3.05) is 5.32 Å². The summed E-state index contributed by atoms with van der Waals surface area (Å²) < 4.78 is 1.84. The smallest absolute Gasteiger partial charge is 0.231 e. The highest BCUT2D eigenvalue weighted by Crippen LogP contribution is 2.06. The summed E-state index contributed by atoms with van der Waals surface area (Å²) in [5.41, 5.74) is 0.807. The van der Waals surface area contributed by atoms with Crippen molar-refractivity contribution in [3.63, 3.8) is 0 Å². The molecule has 1 aromatic carbocycles. The Balaban J connectivity index is 1.98. The molecule has 0 atom stereocenters. The highest BCUT2D eigenvalue weighted by atomic mass is 16.1. The minimum atomic E-state index is -0.0551.